The Morgan fingerprint density at radius 1 is 1.08 bits per heavy atom. The van der Waals surface area contributed by atoms with E-state index in [0.717, 1.165) is 19.3 Å². The van der Waals surface area contributed by atoms with Crippen molar-refractivity contribution < 1.29 is 14.3 Å². The molecular weight excluding hydrogens is 496 g/mol. The Labute approximate surface area is 219 Å². The lowest BCUT2D eigenvalue weighted by Gasteiger charge is -2.32. The Morgan fingerprint density at radius 2 is 1.97 bits per heavy atom. The van der Waals surface area contributed by atoms with Crippen LogP contribution in [0.1, 0.15) is 52.1 Å². The first-order valence-corrected chi connectivity index (χ1v) is 12.9. The van der Waals surface area contributed by atoms with E-state index in [1.165, 1.54) is 4.57 Å². The molecule has 1 atom stereocenters. The topological polar surface area (TPSA) is 111 Å². The van der Waals surface area contributed by atoms with Gasteiger partial charge in [-0.25, -0.2) is 0 Å². The molecule has 0 aliphatic carbocycles. The van der Waals surface area contributed by atoms with Crippen LogP contribution in [0.15, 0.2) is 47.5 Å². The third-order valence-electron chi connectivity index (χ3n) is 6.80. The van der Waals surface area contributed by atoms with E-state index in [0.29, 0.717) is 61.2 Å². The van der Waals surface area contributed by atoms with Crippen molar-refractivity contribution in [2.24, 2.45) is 5.92 Å². The van der Waals surface area contributed by atoms with Gasteiger partial charge < -0.3 is 19.5 Å². The molecule has 3 aliphatic heterocycles. The molecule has 3 aliphatic rings. The molecule has 1 unspecified atom stereocenters. The zero-order valence-electron chi connectivity index (χ0n) is 20.4. The second-order valence-electron chi connectivity index (χ2n) is 9.48. The van der Waals surface area contributed by atoms with Gasteiger partial charge in [-0.15, -0.1) is 5.10 Å². The fourth-order valence-corrected chi connectivity index (χ4v) is 5.07. The summed E-state index contributed by atoms with van der Waals surface area (Å²) in [5, 5.41) is 11.6. The van der Waals surface area contributed by atoms with Gasteiger partial charge in [0, 0.05) is 44.4 Å². The highest BCUT2D eigenvalue weighted by Gasteiger charge is 2.26. The van der Waals surface area contributed by atoms with Crippen LogP contribution in [0, 0.1) is 5.92 Å². The number of rotatable bonds is 0. The number of aromatic nitrogens is 4. The molecule has 1 fully saturated rings. The lowest BCUT2D eigenvalue weighted by molar-refractivity contribution is 0.0663. The number of ether oxygens (including phenoxy) is 1. The van der Waals surface area contributed by atoms with Crippen LogP contribution < -0.4 is 15.6 Å². The number of carbonyl (C=O) groups is 2. The number of benzene rings is 1. The van der Waals surface area contributed by atoms with Crippen molar-refractivity contribution in [3.8, 4) is 5.75 Å². The maximum absolute atomic E-state index is 13.3. The molecular formula is C26H29ClN6O4. The van der Waals surface area contributed by atoms with Gasteiger partial charge in [-0.3, -0.25) is 19.1 Å². The molecule has 37 heavy (non-hydrogen) atoms. The molecule has 0 radical (unpaired) electrons. The molecule has 194 valence electrons. The van der Waals surface area contributed by atoms with Crippen molar-refractivity contribution in [3.05, 3.63) is 74.9 Å². The van der Waals surface area contributed by atoms with E-state index in [1.54, 1.807) is 52.3 Å². The number of nitrogens with zero attached hydrogens (tertiary/aromatic N) is 5. The van der Waals surface area contributed by atoms with E-state index in [2.05, 4.69) is 15.6 Å². The van der Waals surface area contributed by atoms with E-state index >= 15 is 0 Å². The normalized spacial score (nSPS) is 19.3. The van der Waals surface area contributed by atoms with Crippen LogP contribution in [-0.4, -0.2) is 62.5 Å². The minimum Gasteiger partial charge on any atom is -0.492 e. The number of piperidine rings is 1. The van der Waals surface area contributed by atoms with Gasteiger partial charge in [-0.2, -0.15) is 0 Å². The molecule has 6 rings (SSSR count). The van der Waals surface area contributed by atoms with Crippen molar-refractivity contribution >= 4 is 23.4 Å². The Balaban J connectivity index is 1.38. The molecule has 1 saturated heterocycles. The zero-order chi connectivity index (χ0) is 25.8. The van der Waals surface area contributed by atoms with Crippen molar-refractivity contribution in [2.75, 3.05) is 26.2 Å². The Morgan fingerprint density at radius 3 is 2.84 bits per heavy atom. The fraction of sp³-hybridized carbons (Fsp3) is 0.423. The van der Waals surface area contributed by atoms with Crippen LogP contribution in [-0.2, 0) is 13.1 Å². The van der Waals surface area contributed by atoms with Crippen LogP contribution in [0.4, 0.5) is 0 Å². The van der Waals surface area contributed by atoms with Crippen molar-refractivity contribution in [1.82, 2.24) is 29.8 Å². The third kappa shape index (κ3) is 5.85. The highest BCUT2D eigenvalue weighted by Crippen LogP contribution is 2.26. The number of amides is 2. The number of halogens is 1. The van der Waals surface area contributed by atoms with E-state index in [-0.39, 0.29) is 35.4 Å². The van der Waals surface area contributed by atoms with Crippen LogP contribution in [0.2, 0.25) is 5.02 Å². The quantitative estimate of drug-likeness (QED) is 0.484. The lowest BCUT2D eigenvalue weighted by Crippen LogP contribution is -2.43. The van der Waals surface area contributed by atoms with Crippen molar-refractivity contribution in [3.63, 3.8) is 0 Å². The van der Waals surface area contributed by atoms with E-state index < -0.39 is 0 Å². The average Bonchev–Trinajstić information content (AvgIpc) is 3.35. The highest BCUT2D eigenvalue weighted by atomic mass is 35.5. The smallest absolute Gasteiger partial charge is 0.263 e. The number of hydrogen-bond acceptors (Lipinski definition) is 6. The lowest BCUT2D eigenvalue weighted by atomic mass is 9.94. The molecule has 11 heteroatoms. The van der Waals surface area contributed by atoms with Crippen LogP contribution in [0.25, 0.3) is 0 Å². The first-order valence-electron chi connectivity index (χ1n) is 12.6. The van der Waals surface area contributed by atoms with Gasteiger partial charge in [0.2, 0.25) is 0 Å². The SMILES string of the molecule is O=C1NCCC2CCCN(C2)C(=O)c2cccn(c2=O)Cc2cn(nn2)CCCOc2ccc1cc2Cl. The zero-order valence-corrected chi connectivity index (χ0v) is 21.2. The standard InChI is InChI=1S/C26H29ClN6O4/c27-22-14-19-6-7-23(22)37-13-3-12-33-17-20(29-30-33)16-32-11-2-5-21(26(32)36)25(35)31-10-1-4-18(15-31)8-9-28-24(19)34/h2,5-7,11,14,17-18H,1,3-4,8-10,12-13,15-16H2,(H,28,34). The predicted molar refractivity (Wildman–Crippen MR) is 137 cm³/mol. The first-order chi connectivity index (χ1) is 18.0. The van der Waals surface area contributed by atoms with Gasteiger partial charge >= 0.3 is 0 Å². The molecule has 1 aromatic carbocycles. The van der Waals surface area contributed by atoms with Crippen LogP contribution in [0.5, 0.6) is 5.75 Å². The van der Waals surface area contributed by atoms with Gasteiger partial charge in [0.05, 0.1) is 24.4 Å². The summed E-state index contributed by atoms with van der Waals surface area (Å²) in [7, 11) is 0. The summed E-state index contributed by atoms with van der Waals surface area (Å²) in [6.45, 7) is 2.84. The maximum atomic E-state index is 13.3. The Bertz CT molecular complexity index is 1350. The van der Waals surface area contributed by atoms with Crippen molar-refractivity contribution in [1.29, 1.82) is 0 Å². The van der Waals surface area contributed by atoms with Gasteiger partial charge in [0.15, 0.2) is 0 Å². The van der Waals surface area contributed by atoms with Crippen molar-refractivity contribution in [2.45, 2.75) is 38.8 Å². The van der Waals surface area contributed by atoms with Gasteiger partial charge in [-0.05, 0) is 55.5 Å². The second kappa shape index (κ2) is 11.2. The van der Waals surface area contributed by atoms with Crippen LogP contribution >= 0.6 is 11.6 Å². The molecule has 8 bridgehead atoms. The minimum absolute atomic E-state index is 0.152. The molecule has 5 heterocycles. The van der Waals surface area contributed by atoms with E-state index in [9.17, 15) is 14.4 Å². The summed E-state index contributed by atoms with van der Waals surface area (Å²) in [4.78, 5) is 40.8. The summed E-state index contributed by atoms with van der Waals surface area (Å²) in [5.41, 5.74) is 0.899. The van der Waals surface area contributed by atoms with Gasteiger partial charge in [-0.1, -0.05) is 16.8 Å². The molecule has 2 aromatic heterocycles. The largest absolute Gasteiger partial charge is 0.492 e. The summed E-state index contributed by atoms with van der Waals surface area (Å²) in [5.74, 6) is 0.286. The van der Waals surface area contributed by atoms with Gasteiger partial charge in [0.25, 0.3) is 17.4 Å². The van der Waals surface area contributed by atoms with E-state index in [1.807, 2.05) is 0 Å². The van der Waals surface area contributed by atoms with Crippen LogP contribution in [0.3, 0.4) is 0 Å². The maximum Gasteiger partial charge on any atom is 0.263 e. The molecule has 3 aromatic rings. The number of carbonyl (C=O) groups excluding carboxylic acids is 2. The number of nitrogens with one attached hydrogen (secondary N) is 1. The monoisotopic (exact) mass is 524 g/mol. The fourth-order valence-electron chi connectivity index (χ4n) is 4.83. The number of pyridine rings is 1. The first kappa shape index (κ1) is 25.0. The predicted octanol–water partition coefficient (Wildman–Crippen LogP) is 2.60. The molecule has 2 amide bonds. The Kier molecular flexibility index (Phi) is 7.55. The molecule has 0 spiro atoms. The van der Waals surface area contributed by atoms with Gasteiger partial charge in [0.1, 0.15) is 17.0 Å². The molecule has 1 N–H and O–H groups in total. The molecule has 0 saturated carbocycles. The number of hydrogen-bond donors (Lipinski definition) is 1. The summed E-state index contributed by atoms with van der Waals surface area (Å²) in [6.07, 6.45) is 6.65. The minimum atomic E-state index is -0.343. The number of aryl methyl sites for hydroxylation is 1. The Hall–Kier alpha value is -3.66. The summed E-state index contributed by atoms with van der Waals surface area (Å²) in [6, 6.07) is 8.31. The van der Waals surface area contributed by atoms with E-state index in [4.69, 9.17) is 16.3 Å². The molecule has 10 nitrogen and oxygen atoms in total. The summed E-state index contributed by atoms with van der Waals surface area (Å²) >= 11 is 6.36. The highest BCUT2D eigenvalue weighted by molar-refractivity contribution is 6.32. The second-order valence-corrected chi connectivity index (χ2v) is 9.89. The average molecular weight is 525 g/mol. The third-order valence-corrected chi connectivity index (χ3v) is 7.09. The number of fused-ring (bicyclic) bond motifs is 8. The summed E-state index contributed by atoms with van der Waals surface area (Å²) < 4.78 is 8.97.